The molecule has 0 aromatic heterocycles. The average molecular weight is 473 g/mol. The molecule has 7 nitrogen and oxygen atoms in total. The minimum atomic E-state index is -1.15. The highest BCUT2D eigenvalue weighted by Crippen LogP contribution is 2.49. The standard InChI is InChI=1S/C23H25ClN4O3S/c1-4-31-22(29)28-23(25-20-9-6-14-27(20)2,17-10-12-19(30-3)13-11-17)32-21(26-28)16-7-5-8-18(24)15-16/h5,7-8,10-13,15H,4,6,9,14H2,1-3H3/b25-20+. The Morgan fingerprint density at radius 2 is 2.06 bits per heavy atom. The molecule has 1 saturated heterocycles. The fourth-order valence-electron chi connectivity index (χ4n) is 3.68. The Labute approximate surface area is 197 Å². The van der Waals surface area contributed by atoms with Gasteiger partial charge in [-0.25, -0.2) is 9.79 Å². The third-order valence-electron chi connectivity index (χ3n) is 5.31. The number of thioether (sulfide) groups is 1. The summed E-state index contributed by atoms with van der Waals surface area (Å²) in [6, 6.07) is 14.9. The van der Waals surface area contributed by atoms with Crippen molar-refractivity contribution in [3.05, 3.63) is 64.7 Å². The molecule has 0 bridgehead atoms. The lowest BCUT2D eigenvalue weighted by Gasteiger charge is -2.32. The van der Waals surface area contributed by atoms with E-state index in [9.17, 15) is 4.79 Å². The van der Waals surface area contributed by atoms with Crippen LogP contribution in [0.15, 0.2) is 58.6 Å². The first-order chi connectivity index (χ1) is 15.5. The summed E-state index contributed by atoms with van der Waals surface area (Å²) in [7, 11) is 3.63. The van der Waals surface area contributed by atoms with Crippen LogP contribution in [0.1, 0.15) is 30.9 Å². The van der Waals surface area contributed by atoms with Gasteiger partial charge in [-0.05, 0) is 49.4 Å². The van der Waals surface area contributed by atoms with Crippen molar-refractivity contribution in [2.24, 2.45) is 10.1 Å². The summed E-state index contributed by atoms with van der Waals surface area (Å²) in [5.41, 5.74) is 1.61. The number of likely N-dealkylation sites (tertiary alicyclic amines) is 1. The maximum absolute atomic E-state index is 13.1. The molecule has 2 heterocycles. The van der Waals surface area contributed by atoms with Crippen LogP contribution in [-0.2, 0) is 9.73 Å². The van der Waals surface area contributed by atoms with Crippen molar-refractivity contribution in [1.82, 2.24) is 9.91 Å². The van der Waals surface area contributed by atoms with Crippen LogP contribution >= 0.6 is 23.4 Å². The number of aliphatic imine (C=N–C) groups is 1. The van der Waals surface area contributed by atoms with Gasteiger partial charge in [0.05, 0.1) is 13.7 Å². The van der Waals surface area contributed by atoms with E-state index in [1.54, 1.807) is 20.1 Å². The number of amidine groups is 1. The van der Waals surface area contributed by atoms with Crippen LogP contribution in [0.3, 0.4) is 0 Å². The number of hydrazone groups is 1. The fourth-order valence-corrected chi connectivity index (χ4v) is 5.11. The number of benzene rings is 2. The summed E-state index contributed by atoms with van der Waals surface area (Å²) in [6.45, 7) is 2.93. The third-order valence-corrected chi connectivity index (χ3v) is 6.84. The fraction of sp³-hybridized carbons (Fsp3) is 0.348. The number of amides is 1. The molecule has 32 heavy (non-hydrogen) atoms. The first-order valence-electron chi connectivity index (χ1n) is 10.4. The number of halogens is 1. The molecule has 168 valence electrons. The average Bonchev–Trinajstić information content (AvgIpc) is 3.38. The van der Waals surface area contributed by atoms with Crippen molar-refractivity contribution < 1.29 is 14.3 Å². The van der Waals surface area contributed by atoms with Gasteiger partial charge in [0.25, 0.3) is 0 Å². The molecule has 0 N–H and O–H groups in total. The quantitative estimate of drug-likeness (QED) is 0.602. The van der Waals surface area contributed by atoms with Gasteiger partial charge in [-0.2, -0.15) is 10.1 Å². The first kappa shape index (κ1) is 22.5. The van der Waals surface area contributed by atoms with Crippen molar-refractivity contribution in [1.29, 1.82) is 0 Å². The van der Waals surface area contributed by atoms with E-state index < -0.39 is 11.1 Å². The number of methoxy groups -OCH3 is 1. The molecule has 1 unspecified atom stereocenters. The molecule has 2 aliphatic rings. The Balaban J connectivity index is 1.87. The highest BCUT2D eigenvalue weighted by molar-refractivity contribution is 8.15. The lowest BCUT2D eigenvalue weighted by atomic mass is 10.1. The van der Waals surface area contributed by atoms with Crippen LogP contribution in [0.2, 0.25) is 5.02 Å². The predicted molar refractivity (Wildman–Crippen MR) is 128 cm³/mol. The third kappa shape index (κ3) is 4.29. The smallest absolute Gasteiger partial charge is 0.433 e. The Bertz CT molecular complexity index is 1060. The van der Waals surface area contributed by atoms with Gasteiger partial charge in [0.1, 0.15) is 16.6 Å². The molecule has 2 aliphatic heterocycles. The van der Waals surface area contributed by atoms with E-state index in [1.807, 2.05) is 49.5 Å². The number of hydrogen-bond donors (Lipinski definition) is 0. The summed E-state index contributed by atoms with van der Waals surface area (Å²) in [5.74, 6) is 1.64. The van der Waals surface area contributed by atoms with Gasteiger partial charge >= 0.3 is 6.09 Å². The van der Waals surface area contributed by atoms with Gasteiger partial charge in [-0.1, -0.05) is 35.9 Å². The summed E-state index contributed by atoms with van der Waals surface area (Å²) < 4.78 is 10.7. The molecule has 1 fully saturated rings. The maximum Gasteiger partial charge on any atom is 0.433 e. The monoisotopic (exact) mass is 472 g/mol. The largest absolute Gasteiger partial charge is 0.497 e. The number of hydrogen-bond acceptors (Lipinski definition) is 6. The Morgan fingerprint density at radius 3 is 2.69 bits per heavy atom. The summed E-state index contributed by atoms with van der Waals surface area (Å²) in [4.78, 5) is 19.2. The second kappa shape index (κ2) is 9.42. The summed E-state index contributed by atoms with van der Waals surface area (Å²) >= 11 is 7.63. The number of carbonyl (C=O) groups is 1. The van der Waals surface area contributed by atoms with Crippen molar-refractivity contribution >= 4 is 40.3 Å². The minimum Gasteiger partial charge on any atom is -0.497 e. The van der Waals surface area contributed by atoms with Crippen LogP contribution < -0.4 is 4.74 Å². The van der Waals surface area contributed by atoms with Crippen LogP contribution in [-0.4, -0.2) is 54.2 Å². The van der Waals surface area contributed by atoms with Crippen molar-refractivity contribution in [2.45, 2.75) is 24.8 Å². The molecule has 2 aromatic carbocycles. The highest BCUT2D eigenvalue weighted by atomic mass is 35.5. The molecule has 2 aromatic rings. The lowest BCUT2D eigenvalue weighted by Crippen LogP contribution is -2.42. The zero-order chi connectivity index (χ0) is 22.7. The lowest BCUT2D eigenvalue weighted by molar-refractivity contribution is 0.0867. The topological polar surface area (TPSA) is 66.7 Å². The van der Waals surface area contributed by atoms with Gasteiger partial charge < -0.3 is 14.4 Å². The highest BCUT2D eigenvalue weighted by Gasteiger charge is 2.50. The van der Waals surface area contributed by atoms with Gasteiger partial charge in [-0.15, -0.1) is 0 Å². The van der Waals surface area contributed by atoms with E-state index in [-0.39, 0.29) is 6.61 Å². The van der Waals surface area contributed by atoms with Crippen LogP contribution in [0.5, 0.6) is 5.75 Å². The van der Waals surface area contributed by atoms with E-state index in [0.717, 1.165) is 42.1 Å². The first-order valence-corrected chi connectivity index (χ1v) is 11.6. The van der Waals surface area contributed by atoms with Gasteiger partial charge in [-0.3, -0.25) is 0 Å². The molecule has 4 rings (SSSR count). The molecule has 9 heteroatoms. The zero-order valence-electron chi connectivity index (χ0n) is 18.2. The molecular formula is C23H25ClN4O3S. The molecule has 1 atom stereocenters. The summed E-state index contributed by atoms with van der Waals surface area (Å²) in [6.07, 6.45) is 1.29. The Morgan fingerprint density at radius 1 is 1.28 bits per heavy atom. The van der Waals surface area contributed by atoms with E-state index in [0.29, 0.717) is 10.1 Å². The van der Waals surface area contributed by atoms with Gasteiger partial charge in [0, 0.05) is 36.2 Å². The number of ether oxygens (including phenoxy) is 2. The Kier molecular flexibility index (Phi) is 6.62. The summed E-state index contributed by atoms with van der Waals surface area (Å²) in [5, 5.41) is 7.26. The molecule has 0 spiro atoms. The molecule has 0 aliphatic carbocycles. The van der Waals surface area contributed by atoms with Crippen molar-refractivity contribution in [3.8, 4) is 5.75 Å². The molecular weight excluding hydrogens is 448 g/mol. The van der Waals surface area contributed by atoms with E-state index in [1.165, 1.54) is 16.8 Å². The van der Waals surface area contributed by atoms with Crippen molar-refractivity contribution in [3.63, 3.8) is 0 Å². The van der Waals surface area contributed by atoms with E-state index in [2.05, 4.69) is 10.0 Å². The number of carbonyl (C=O) groups excluding carboxylic acids is 1. The van der Waals surface area contributed by atoms with Crippen LogP contribution in [0.25, 0.3) is 0 Å². The number of nitrogens with zero attached hydrogens (tertiary/aromatic N) is 4. The van der Waals surface area contributed by atoms with E-state index >= 15 is 0 Å². The number of rotatable bonds is 5. The zero-order valence-corrected chi connectivity index (χ0v) is 19.8. The SMILES string of the molecule is CCOC(=O)N1N=C(c2cccc(Cl)c2)SC1(/N=C1\CCCN1C)c1ccc(OC)cc1. The second-order valence-electron chi connectivity index (χ2n) is 7.42. The molecule has 0 radical (unpaired) electrons. The second-order valence-corrected chi connectivity index (χ2v) is 9.01. The van der Waals surface area contributed by atoms with Gasteiger partial charge in [0.15, 0.2) is 0 Å². The van der Waals surface area contributed by atoms with Crippen LogP contribution in [0, 0.1) is 0 Å². The normalized spacial score (nSPS) is 21.8. The maximum atomic E-state index is 13.1. The van der Waals surface area contributed by atoms with Crippen LogP contribution in [0.4, 0.5) is 4.79 Å². The molecule has 1 amide bonds. The Hall–Kier alpha value is -2.71. The van der Waals surface area contributed by atoms with E-state index in [4.69, 9.17) is 26.1 Å². The minimum absolute atomic E-state index is 0.233. The predicted octanol–water partition coefficient (Wildman–Crippen LogP) is 5.15. The molecule has 0 saturated carbocycles. The van der Waals surface area contributed by atoms with Crippen molar-refractivity contribution in [2.75, 3.05) is 27.3 Å². The van der Waals surface area contributed by atoms with Gasteiger partial charge in [0.2, 0.25) is 4.99 Å².